The highest BCUT2D eigenvalue weighted by Gasteiger charge is 2.74. The van der Waals surface area contributed by atoms with Crippen molar-refractivity contribution in [2.45, 2.75) is 101 Å². The van der Waals surface area contributed by atoms with E-state index in [1.807, 2.05) is 13.0 Å². The minimum atomic E-state index is -0.734. The second-order valence-electron chi connectivity index (χ2n) is 15.6. The van der Waals surface area contributed by atoms with Crippen LogP contribution in [0.4, 0.5) is 0 Å². The fraction of sp³-hybridized carbons (Fsp3) is 0.368. The van der Waals surface area contributed by atoms with Gasteiger partial charge in [-0.2, -0.15) is 0 Å². The number of aromatic hydroxyl groups is 1. The van der Waals surface area contributed by atoms with Gasteiger partial charge in [0, 0.05) is 103 Å². The molecule has 4 aliphatic carbocycles. The average Bonchev–Trinajstić information content (AvgIpc) is 3.74. The Kier molecular flexibility index (Phi) is 20.2. The van der Waals surface area contributed by atoms with Gasteiger partial charge in [0.1, 0.15) is 11.7 Å². The van der Waals surface area contributed by atoms with Crippen LogP contribution in [0.25, 0.3) is 0 Å². The fourth-order valence-electron chi connectivity index (χ4n) is 9.71. The van der Waals surface area contributed by atoms with Gasteiger partial charge in [-0.3, -0.25) is 0 Å². The molecule has 67 heavy (non-hydrogen) atoms. The van der Waals surface area contributed by atoms with Crippen LogP contribution in [0.3, 0.4) is 0 Å². The summed E-state index contributed by atoms with van der Waals surface area (Å²) in [5.41, 5.74) is 2.18. The van der Waals surface area contributed by atoms with Gasteiger partial charge in [-0.1, -0.05) is 43.9 Å². The Balaban J connectivity index is -0.000000108. The van der Waals surface area contributed by atoms with Crippen LogP contribution in [0.2, 0.25) is 0 Å². The predicted octanol–water partition coefficient (Wildman–Crippen LogP) is 7.85. The molecule has 0 radical (unpaired) electrons. The highest BCUT2D eigenvalue weighted by molar-refractivity contribution is 5.64. The first kappa shape index (κ1) is 51.7. The number of terminal acetylenes is 1. The zero-order valence-corrected chi connectivity index (χ0v) is 37.9. The molecule has 10 nitrogen and oxygen atoms in total. The number of ether oxygens (including phenoxy) is 2. The molecule has 1 aromatic rings. The van der Waals surface area contributed by atoms with Gasteiger partial charge in [-0.15, -0.1) is 16.4 Å². The van der Waals surface area contributed by atoms with Crippen molar-refractivity contribution >= 4 is 0 Å². The summed E-state index contributed by atoms with van der Waals surface area (Å²) in [6.45, 7) is 6.87. The van der Waals surface area contributed by atoms with Crippen LogP contribution in [-0.2, 0) is 26.5 Å². The van der Waals surface area contributed by atoms with Gasteiger partial charge in [0.15, 0.2) is 11.5 Å². The molecule has 1 saturated heterocycles. The Morgan fingerprint density at radius 2 is 1.31 bits per heavy atom. The number of hydrogen-bond acceptors (Lipinski definition) is 10. The Bertz CT molecular complexity index is 3040. The van der Waals surface area contributed by atoms with E-state index in [9.17, 15) is 10.2 Å². The summed E-state index contributed by atoms with van der Waals surface area (Å²) >= 11 is 0. The molecule has 6 aliphatic rings. The van der Waals surface area contributed by atoms with Crippen molar-refractivity contribution in [3.63, 3.8) is 0 Å². The Morgan fingerprint density at radius 3 is 1.76 bits per heavy atom. The van der Waals surface area contributed by atoms with Gasteiger partial charge >= 0.3 is 0 Å². The number of rotatable bonds is 6. The van der Waals surface area contributed by atoms with E-state index >= 15 is 0 Å². The third kappa shape index (κ3) is 12.7. The third-order valence-corrected chi connectivity index (χ3v) is 12.2. The summed E-state index contributed by atoms with van der Waals surface area (Å²) in [5.74, 6) is 68.0. The maximum atomic E-state index is 11.5. The monoisotopic (exact) mass is 915 g/mol. The minimum Gasteiger partial charge on any atom is -0.504 e. The lowest BCUT2D eigenvalue weighted by Crippen LogP contribution is -2.73. The molecule has 360 valence electrons. The number of methoxy groups -OCH3 is 1. The number of nitrogens with zero attached hydrogens (tertiary/aromatic N) is 1. The number of nitrogens with one attached hydrogen (secondary N) is 1. The molecular formula is C57H74N2O8. The molecule has 0 aromatic heterocycles. The van der Waals surface area contributed by atoms with E-state index in [-0.39, 0.29) is 48.6 Å². The molecule has 2 fully saturated rings. The lowest BCUT2D eigenvalue weighted by atomic mass is 9.42. The molecule has 2 spiro atoms. The number of fused-ring (bicyclic) bond motifs is 4. The molecule has 3 unspecified atom stereocenters. The Hall–Kier alpha value is -7.92. The second-order valence-corrected chi connectivity index (χ2v) is 15.6. The number of hydrogen-bond donors (Lipinski definition) is 5. The quantitative estimate of drug-likeness (QED) is 0.0833. The number of likely N-dealkylation sites (tertiary alicyclic amines) is 1. The van der Waals surface area contributed by atoms with Crippen LogP contribution in [0.1, 0.15) is 96.8 Å². The second kappa shape index (κ2) is 26.1. The molecule has 5 N–H and O–H groups in total. The van der Waals surface area contributed by atoms with Gasteiger partial charge < -0.3 is 24.6 Å². The SMILES string of the molecule is C#CC#CC#CC#CC#CC#CC#CC#CC#CC#CC#CC#CC#CC#CC.CCC[C@](C)(O)C1CCCC23C=CC(OC)(C1)[C@@H]1Oc4c(O)ccc5c4[C@@]12CCN(C)[C@@H]3C5.OONOO.[HH].[HH].[HH].[HH].[HH].[HH].[HH].[HH].[HH].[HH].[HH].[HH].[HH].[HH]. The predicted molar refractivity (Wildman–Crippen MR) is 283 cm³/mol. The number of phenols is 1. The Morgan fingerprint density at radius 1 is 0.806 bits per heavy atom. The summed E-state index contributed by atoms with van der Waals surface area (Å²) in [5, 5.41) is 36.8. The van der Waals surface area contributed by atoms with Crippen LogP contribution < -0.4 is 10.4 Å². The standard InChI is InChI=1S/C29H4.C28H39NO4.H3NO4.14H2/c1-3-5-7-9-11-13-15-17-19-21-23-25-27-29-28-26-24-22-20-18-16-14-12-10-8-6-4-2;1-5-10-25(2,31)19-7-6-11-26-12-13-27(17-19,32-4)24-28(26)14-15-29(3)21(26)16-18-8-9-20(30)23(33-24)22(18)28;2-4-1-5-3;;;;;;;;;;;;;;/h1H,2H3;8-9,12-13,19,21,24,30-31H,5-7,10-11,14-17H2,1-4H3;1-3H;14*1H/t;19?,21-,24+,25+,26?,27?,28+;;;;;;;;;;;;;;;/m.1.............../s1. The number of likely N-dealkylation sites (N-methyl/N-ethyl adjacent to an activating group) is 1. The van der Waals surface area contributed by atoms with E-state index in [1.165, 1.54) is 16.8 Å². The first-order valence-corrected chi connectivity index (χ1v) is 21.0. The van der Waals surface area contributed by atoms with Crippen molar-refractivity contribution in [3.8, 4) is 178 Å². The lowest BCUT2D eigenvalue weighted by molar-refractivity contribution is -0.456. The van der Waals surface area contributed by atoms with Gasteiger partial charge in [0.05, 0.1) is 11.0 Å². The molecule has 2 heterocycles. The van der Waals surface area contributed by atoms with E-state index in [1.54, 1.807) is 14.0 Å². The average molecular weight is 915 g/mol. The maximum absolute atomic E-state index is 11.5. The van der Waals surface area contributed by atoms with Gasteiger partial charge in [0.2, 0.25) is 0 Å². The van der Waals surface area contributed by atoms with Crippen molar-refractivity contribution in [2.75, 3.05) is 20.7 Å². The molecule has 7 rings (SSSR count). The topological polar surface area (TPSA) is 133 Å². The summed E-state index contributed by atoms with van der Waals surface area (Å²) in [4.78, 5) is 8.50. The van der Waals surface area contributed by atoms with Crippen molar-refractivity contribution in [3.05, 3.63) is 35.4 Å². The number of aliphatic hydroxyl groups is 1. The van der Waals surface area contributed by atoms with Crippen LogP contribution in [-0.4, -0.2) is 69.7 Å². The van der Waals surface area contributed by atoms with Crippen LogP contribution in [0, 0.1) is 178 Å². The molecular weight excluding hydrogens is 841 g/mol. The number of benzene rings is 1. The van der Waals surface area contributed by atoms with Crippen molar-refractivity contribution < 1.29 is 60.2 Å². The number of phenolic OH excluding ortho intramolecular Hbond substituents is 1. The van der Waals surface area contributed by atoms with Crippen molar-refractivity contribution in [1.29, 1.82) is 0 Å². The van der Waals surface area contributed by atoms with E-state index < -0.39 is 11.2 Å². The molecule has 1 saturated carbocycles. The van der Waals surface area contributed by atoms with E-state index in [0.717, 1.165) is 57.9 Å². The zero-order chi connectivity index (χ0) is 48.4. The van der Waals surface area contributed by atoms with Crippen molar-refractivity contribution in [2.24, 2.45) is 11.3 Å². The zero-order valence-electron chi connectivity index (χ0n) is 37.9. The summed E-state index contributed by atoms with van der Waals surface area (Å²) < 4.78 is 13.3. The van der Waals surface area contributed by atoms with E-state index in [2.05, 4.69) is 207 Å². The molecule has 2 aliphatic heterocycles. The van der Waals surface area contributed by atoms with Crippen LogP contribution in [0.15, 0.2) is 24.3 Å². The smallest absolute Gasteiger partial charge is 0.165 e. The van der Waals surface area contributed by atoms with Crippen LogP contribution >= 0.6 is 0 Å². The molecule has 0 amide bonds. The summed E-state index contributed by atoms with van der Waals surface area (Å²) in [6.07, 6.45) is 17.1. The lowest BCUT2D eigenvalue weighted by Gasteiger charge is -2.66. The summed E-state index contributed by atoms with van der Waals surface area (Å²) in [7, 11) is 4.08. The minimum absolute atomic E-state index is 0. The fourth-order valence-corrected chi connectivity index (χ4v) is 9.71. The van der Waals surface area contributed by atoms with Crippen molar-refractivity contribution in [1.82, 2.24) is 10.5 Å². The maximum Gasteiger partial charge on any atom is 0.165 e. The van der Waals surface area contributed by atoms with Gasteiger partial charge in [-0.05, 0) is 184 Å². The molecule has 4 bridgehead atoms. The first-order chi connectivity index (χ1) is 32.6. The molecule has 7 atom stereocenters. The van der Waals surface area contributed by atoms with Gasteiger partial charge in [0.25, 0.3) is 0 Å². The Labute approximate surface area is 416 Å². The first-order valence-electron chi connectivity index (χ1n) is 21.0. The van der Waals surface area contributed by atoms with Gasteiger partial charge in [-0.25, -0.2) is 10.5 Å². The van der Waals surface area contributed by atoms with Crippen LogP contribution in [0.5, 0.6) is 11.5 Å². The molecule has 10 heteroatoms. The molecule has 1 aromatic carbocycles. The highest BCUT2D eigenvalue weighted by atomic mass is 17.3. The van der Waals surface area contributed by atoms with E-state index in [4.69, 9.17) is 26.4 Å². The largest absolute Gasteiger partial charge is 0.504 e. The number of piperidine rings is 1. The van der Waals surface area contributed by atoms with E-state index in [0.29, 0.717) is 11.8 Å². The normalized spacial score (nSPS) is 23.3. The highest BCUT2D eigenvalue weighted by Crippen LogP contribution is 2.71. The third-order valence-electron chi connectivity index (χ3n) is 12.2. The summed E-state index contributed by atoms with van der Waals surface area (Å²) in [6, 6.07) is 4.34.